The van der Waals surface area contributed by atoms with Crippen LogP contribution < -0.4 is 4.74 Å². The monoisotopic (exact) mass is 348 g/mol. The topological polar surface area (TPSA) is 18.5 Å². The van der Waals surface area contributed by atoms with E-state index in [0.717, 1.165) is 16.3 Å². The van der Waals surface area contributed by atoms with E-state index in [2.05, 4.69) is 20.7 Å². The zero-order valence-electron chi connectivity index (χ0n) is 10.4. The predicted molar refractivity (Wildman–Crippen MR) is 74.1 cm³/mol. The lowest BCUT2D eigenvalue weighted by atomic mass is 10.0. The van der Waals surface area contributed by atoms with Crippen LogP contribution in [0.2, 0.25) is 0 Å². The molecule has 20 heavy (non-hydrogen) atoms. The van der Waals surface area contributed by atoms with Crippen LogP contribution in [0.15, 0.2) is 36.4 Å². The highest BCUT2D eigenvalue weighted by molar-refractivity contribution is 9.08. The van der Waals surface area contributed by atoms with Gasteiger partial charge in [0.05, 0.1) is 0 Å². The molecule has 0 N–H and O–H groups in total. The van der Waals surface area contributed by atoms with Crippen molar-refractivity contribution in [2.24, 2.45) is 0 Å². The molecule has 0 amide bonds. The highest BCUT2D eigenvalue weighted by Gasteiger charge is 2.27. The van der Waals surface area contributed by atoms with Crippen LogP contribution in [-0.4, -0.2) is 19.6 Å². The van der Waals surface area contributed by atoms with Gasteiger partial charge in [0.15, 0.2) is 6.79 Å². The summed E-state index contributed by atoms with van der Waals surface area (Å²) in [5.74, 6) is 0.516. The fourth-order valence-corrected chi connectivity index (χ4v) is 2.43. The molecule has 108 valence electrons. The minimum absolute atomic E-state index is 0.433. The van der Waals surface area contributed by atoms with Crippen molar-refractivity contribution in [1.29, 1.82) is 0 Å². The molecule has 0 atom stereocenters. The highest BCUT2D eigenvalue weighted by atomic mass is 79.9. The van der Waals surface area contributed by atoms with Crippen LogP contribution in [0.25, 0.3) is 10.8 Å². The molecule has 0 unspecified atom stereocenters. The molecule has 2 aromatic rings. The van der Waals surface area contributed by atoms with Crippen LogP contribution in [0.3, 0.4) is 0 Å². The molecule has 0 saturated heterocycles. The Labute approximate surface area is 122 Å². The summed E-state index contributed by atoms with van der Waals surface area (Å²) in [6, 6.07) is 11.3. The average molecular weight is 349 g/mol. The Kier molecular flexibility index (Phi) is 4.88. The molecule has 0 aromatic heterocycles. The van der Waals surface area contributed by atoms with Gasteiger partial charge in [-0.2, -0.15) is 13.2 Å². The van der Waals surface area contributed by atoms with Crippen LogP contribution >= 0.6 is 15.9 Å². The van der Waals surface area contributed by atoms with Gasteiger partial charge in [-0.25, -0.2) is 0 Å². The van der Waals surface area contributed by atoms with Gasteiger partial charge in [-0.3, -0.25) is 0 Å². The molecule has 0 fully saturated rings. The van der Waals surface area contributed by atoms with Crippen LogP contribution in [0.5, 0.6) is 5.75 Å². The van der Waals surface area contributed by atoms with E-state index in [4.69, 9.17) is 4.74 Å². The Morgan fingerprint density at radius 1 is 1.05 bits per heavy atom. The predicted octanol–water partition coefficient (Wildman–Crippen LogP) is 4.65. The molecule has 2 rings (SSSR count). The number of halogens is 4. The molecule has 6 heteroatoms. The first-order valence-corrected chi connectivity index (χ1v) is 6.97. The maximum atomic E-state index is 11.9. The van der Waals surface area contributed by atoms with E-state index in [-0.39, 0.29) is 0 Å². The molecule has 2 nitrogen and oxygen atoms in total. The zero-order valence-corrected chi connectivity index (χ0v) is 12.0. The van der Waals surface area contributed by atoms with Gasteiger partial charge in [0, 0.05) is 10.9 Å². The van der Waals surface area contributed by atoms with Gasteiger partial charge >= 0.3 is 6.18 Å². The van der Waals surface area contributed by atoms with E-state index in [1.54, 1.807) is 6.07 Å². The second-order valence-electron chi connectivity index (χ2n) is 4.12. The highest BCUT2D eigenvalue weighted by Crippen LogP contribution is 2.30. The first kappa shape index (κ1) is 15.1. The third-order valence-corrected chi connectivity index (χ3v) is 3.26. The van der Waals surface area contributed by atoms with Crippen molar-refractivity contribution in [3.8, 4) is 5.75 Å². The van der Waals surface area contributed by atoms with Crippen LogP contribution in [0, 0.1) is 0 Å². The van der Waals surface area contributed by atoms with Gasteiger partial charge in [0.2, 0.25) is 0 Å². The summed E-state index contributed by atoms with van der Waals surface area (Å²) < 4.78 is 45.6. The lowest BCUT2D eigenvalue weighted by Gasteiger charge is -2.13. The van der Waals surface area contributed by atoms with E-state index in [9.17, 15) is 13.2 Å². The first-order valence-electron chi connectivity index (χ1n) is 5.85. The van der Waals surface area contributed by atoms with Crippen molar-refractivity contribution in [2.45, 2.75) is 11.5 Å². The van der Waals surface area contributed by atoms with E-state index >= 15 is 0 Å². The second-order valence-corrected chi connectivity index (χ2v) is 4.68. The summed E-state index contributed by atoms with van der Waals surface area (Å²) in [5, 5.41) is 2.59. The van der Waals surface area contributed by atoms with Crippen LogP contribution in [0.1, 0.15) is 5.56 Å². The lowest BCUT2D eigenvalue weighted by Crippen LogP contribution is -2.19. The SMILES string of the molecule is FC(F)(F)COCOc1ccc2ccccc2c1CBr. The molecule has 0 aliphatic rings. The fraction of sp³-hybridized carbons (Fsp3) is 0.286. The van der Waals surface area contributed by atoms with Crippen molar-refractivity contribution in [2.75, 3.05) is 13.4 Å². The van der Waals surface area contributed by atoms with Crippen molar-refractivity contribution in [3.63, 3.8) is 0 Å². The molecular formula is C14H12BrF3O2. The second kappa shape index (κ2) is 6.45. The summed E-state index contributed by atoms with van der Waals surface area (Å²) in [7, 11) is 0. The minimum Gasteiger partial charge on any atom is -0.467 e. The maximum Gasteiger partial charge on any atom is 0.411 e. The molecule has 2 aromatic carbocycles. The number of ether oxygens (including phenoxy) is 2. The van der Waals surface area contributed by atoms with Crippen LogP contribution in [-0.2, 0) is 10.1 Å². The van der Waals surface area contributed by atoms with Gasteiger partial charge in [-0.15, -0.1) is 0 Å². The number of hydrogen-bond acceptors (Lipinski definition) is 2. The van der Waals surface area contributed by atoms with Crippen molar-refractivity contribution in [3.05, 3.63) is 42.0 Å². The van der Waals surface area contributed by atoms with Gasteiger partial charge < -0.3 is 9.47 Å². The standard InChI is InChI=1S/C14H12BrF3O2/c15-7-12-11-4-2-1-3-10(11)5-6-13(12)20-9-19-8-14(16,17)18/h1-6H,7-9H2. The van der Waals surface area contributed by atoms with E-state index in [1.807, 2.05) is 30.3 Å². The summed E-state index contributed by atoms with van der Waals surface area (Å²) in [5.41, 5.74) is 0.888. The molecular weight excluding hydrogens is 337 g/mol. The number of fused-ring (bicyclic) bond motifs is 1. The van der Waals surface area contributed by atoms with E-state index < -0.39 is 19.6 Å². The molecule has 0 saturated carbocycles. The van der Waals surface area contributed by atoms with Gasteiger partial charge in [0.25, 0.3) is 0 Å². The van der Waals surface area contributed by atoms with Gasteiger partial charge in [-0.1, -0.05) is 46.3 Å². The Morgan fingerprint density at radius 3 is 2.50 bits per heavy atom. The third kappa shape index (κ3) is 3.86. The normalized spacial score (nSPS) is 11.8. The molecule has 0 bridgehead atoms. The number of alkyl halides is 4. The maximum absolute atomic E-state index is 11.9. The quantitative estimate of drug-likeness (QED) is 0.444. The summed E-state index contributed by atoms with van der Waals surface area (Å²) in [6.45, 7) is -1.75. The Hall–Kier alpha value is -1.27. The number of rotatable bonds is 5. The Bertz CT molecular complexity index is 584. The van der Waals surface area contributed by atoms with Crippen LogP contribution in [0.4, 0.5) is 13.2 Å². The third-order valence-electron chi connectivity index (χ3n) is 2.69. The largest absolute Gasteiger partial charge is 0.467 e. The van der Waals surface area contributed by atoms with Gasteiger partial charge in [0.1, 0.15) is 12.4 Å². The smallest absolute Gasteiger partial charge is 0.411 e. The minimum atomic E-state index is -4.34. The number of hydrogen-bond donors (Lipinski definition) is 0. The first-order chi connectivity index (χ1) is 9.51. The van der Waals surface area contributed by atoms with Crippen molar-refractivity contribution >= 4 is 26.7 Å². The summed E-state index contributed by atoms with van der Waals surface area (Å²) in [6.07, 6.45) is -4.34. The fourth-order valence-electron chi connectivity index (χ4n) is 1.85. The molecule has 0 spiro atoms. The molecule has 0 radical (unpaired) electrons. The Morgan fingerprint density at radius 2 is 1.80 bits per heavy atom. The average Bonchev–Trinajstić information content (AvgIpc) is 2.42. The lowest BCUT2D eigenvalue weighted by molar-refractivity contribution is -0.186. The van der Waals surface area contributed by atoms with E-state index in [1.165, 1.54) is 0 Å². The molecule has 0 heterocycles. The Balaban J connectivity index is 2.10. The number of benzene rings is 2. The van der Waals surface area contributed by atoms with Crippen molar-refractivity contribution < 1.29 is 22.6 Å². The molecule has 0 aliphatic heterocycles. The molecule has 0 aliphatic carbocycles. The zero-order chi connectivity index (χ0) is 14.6. The summed E-state index contributed by atoms with van der Waals surface area (Å²) >= 11 is 3.37. The summed E-state index contributed by atoms with van der Waals surface area (Å²) in [4.78, 5) is 0. The van der Waals surface area contributed by atoms with E-state index in [0.29, 0.717) is 11.1 Å². The van der Waals surface area contributed by atoms with Gasteiger partial charge in [-0.05, 0) is 16.8 Å². The van der Waals surface area contributed by atoms with Crippen molar-refractivity contribution in [1.82, 2.24) is 0 Å².